The lowest BCUT2D eigenvalue weighted by atomic mass is 9.98. The number of nitrogens with one attached hydrogen (secondary N) is 2. The Hall–Kier alpha value is -3.59. The summed E-state index contributed by atoms with van der Waals surface area (Å²) in [6.07, 6.45) is -3.06. The summed E-state index contributed by atoms with van der Waals surface area (Å²) in [4.78, 5) is 18.2. The topological polar surface area (TPSA) is 66.5 Å². The molecule has 0 unspecified atom stereocenters. The van der Waals surface area contributed by atoms with E-state index < -0.39 is 12.8 Å². The zero-order chi connectivity index (χ0) is 24.6. The Bertz CT molecular complexity index is 1070. The van der Waals surface area contributed by atoms with Crippen LogP contribution in [0.4, 0.5) is 18.0 Å². The number of benzene rings is 2. The molecule has 6 nitrogen and oxygen atoms in total. The number of halogens is 3. The minimum absolute atomic E-state index is 0.128. The lowest BCUT2D eigenvalue weighted by Gasteiger charge is -2.13. The lowest BCUT2D eigenvalue weighted by Crippen LogP contribution is -2.34. The second kappa shape index (κ2) is 11.5. The molecule has 0 atom stereocenters. The summed E-state index contributed by atoms with van der Waals surface area (Å²) in [5.74, 6) is -0.128. The average Bonchev–Trinajstić information content (AvgIpc) is 2.80. The van der Waals surface area contributed by atoms with Crippen LogP contribution < -0.4 is 15.4 Å². The zero-order valence-electron chi connectivity index (χ0n) is 19.0. The molecule has 0 spiro atoms. The van der Waals surface area contributed by atoms with E-state index in [1.165, 1.54) is 17.8 Å². The number of rotatable bonds is 9. The fourth-order valence-corrected chi connectivity index (χ4v) is 3.29. The van der Waals surface area contributed by atoms with Crippen molar-refractivity contribution in [3.63, 3.8) is 0 Å². The fraction of sp³-hybridized carbons (Fsp3) is 0.280. The van der Waals surface area contributed by atoms with Gasteiger partial charge in [-0.2, -0.15) is 13.2 Å². The molecule has 0 radical (unpaired) electrons. The van der Waals surface area contributed by atoms with Gasteiger partial charge in [0.2, 0.25) is 5.88 Å². The van der Waals surface area contributed by atoms with E-state index in [0.29, 0.717) is 12.1 Å². The first-order valence-corrected chi connectivity index (χ1v) is 10.7. The summed E-state index contributed by atoms with van der Waals surface area (Å²) < 4.78 is 41.2. The Morgan fingerprint density at radius 3 is 2.26 bits per heavy atom. The summed E-state index contributed by atoms with van der Waals surface area (Å²) in [5.41, 5.74) is 4.94. The normalized spacial score (nSPS) is 11.4. The maximum atomic E-state index is 12.3. The third-order valence-electron chi connectivity index (χ3n) is 4.85. The molecule has 180 valence electrons. The van der Waals surface area contributed by atoms with Gasteiger partial charge in [0.15, 0.2) is 6.61 Å². The van der Waals surface area contributed by atoms with Crippen molar-refractivity contribution in [3.05, 3.63) is 83.6 Å². The number of aromatic nitrogens is 1. The second-order valence-corrected chi connectivity index (χ2v) is 8.04. The van der Waals surface area contributed by atoms with Gasteiger partial charge in [0.1, 0.15) is 0 Å². The molecule has 1 heterocycles. The van der Waals surface area contributed by atoms with E-state index >= 15 is 0 Å². The van der Waals surface area contributed by atoms with E-state index in [9.17, 15) is 18.0 Å². The van der Waals surface area contributed by atoms with Gasteiger partial charge in [0.25, 0.3) is 0 Å². The van der Waals surface area contributed by atoms with E-state index in [2.05, 4.69) is 49.5 Å². The van der Waals surface area contributed by atoms with E-state index in [0.717, 1.165) is 23.2 Å². The fourth-order valence-electron chi connectivity index (χ4n) is 3.29. The van der Waals surface area contributed by atoms with Crippen LogP contribution in [-0.2, 0) is 19.6 Å². The Morgan fingerprint density at radius 1 is 0.941 bits per heavy atom. The van der Waals surface area contributed by atoms with E-state index in [1.807, 2.05) is 38.4 Å². The molecule has 0 saturated carbocycles. The number of carbonyl (C=O) groups is 1. The molecule has 0 fully saturated rings. The van der Waals surface area contributed by atoms with Gasteiger partial charge >= 0.3 is 12.2 Å². The van der Waals surface area contributed by atoms with Crippen molar-refractivity contribution in [2.75, 3.05) is 20.7 Å². The van der Waals surface area contributed by atoms with Crippen LogP contribution in [0.25, 0.3) is 11.1 Å². The third kappa shape index (κ3) is 8.08. The van der Waals surface area contributed by atoms with Crippen molar-refractivity contribution in [1.29, 1.82) is 0 Å². The number of carbonyl (C=O) groups excluding carboxylic acids is 1. The van der Waals surface area contributed by atoms with Gasteiger partial charge in [-0.25, -0.2) is 9.78 Å². The molecule has 1 aromatic heterocycles. The highest BCUT2D eigenvalue weighted by Crippen LogP contribution is 2.24. The number of alkyl halides is 3. The van der Waals surface area contributed by atoms with Gasteiger partial charge in [0, 0.05) is 31.9 Å². The van der Waals surface area contributed by atoms with Crippen molar-refractivity contribution in [3.8, 4) is 17.0 Å². The van der Waals surface area contributed by atoms with Crippen LogP contribution in [0, 0.1) is 0 Å². The molecular weight excluding hydrogens is 445 g/mol. The molecule has 0 aliphatic heterocycles. The highest BCUT2D eigenvalue weighted by Gasteiger charge is 2.28. The minimum Gasteiger partial charge on any atom is -0.468 e. The van der Waals surface area contributed by atoms with E-state index in [-0.39, 0.29) is 18.5 Å². The third-order valence-corrected chi connectivity index (χ3v) is 4.85. The number of hydrogen-bond donors (Lipinski definition) is 2. The van der Waals surface area contributed by atoms with Crippen LogP contribution in [0.5, 0.6) is 5.88 Å². The molecule has 2 N–H and O–H groups in total. The number of amides is 2. The predicted octanol–water partition coefficient (Wildman–Crippen LogP) is 4.75. The molecule has 34 heavy (non-hydrogen) atoms. The summed E-state index contributed by atoms with van der Waals surface area (Å²) >= 11 is 0. The molecule has 3 aromatic rings. The number of ether oxygens (including phenoxy) is 1. The monoisotopic (exact) mass is 472 g/mol. The van der Waals surface area contributed by atoms with Gasteiger partial charge in [-0.3, -0.25) is 0 Å². The van der Waals surface area contributed by atoms with Gasteiger partial charge in [-0.15, -0.1) is 0 Å². The molecular formula is C25H27F3N4O2. The first-order chi connectivity index (χ1) is 16.2. The molecule has 3 rings (SSSR count). The maximum Gasteiger partial charge on any atom is 0.422 e. The first-order valence-electron chi connectivity index (χ1n) is 10.7. The standard InChI is InChI=1S/C25H27F3N4O2/c1-32(2)16-18-7-10-20(11-8-18)22-6-4-3-5-21(22)15-31-24(33)30-14-19-9-12-23(29-13-19)34-17-25(26,27)28/h3-13H,14-17H2,1-2H3,(H2,30,31,33). The van der Waals surface area contributed by atoms with Gasteiger partial charge in [-0.1, -0.05) is 54.6 Å². The highest BCUT2D eigenvalue weighted by atomic mass is 19.4. The largest absolute Gasteiger partial charge is 0.468 e. The van der Waals surface area contributed by atoms with Crippen molar-refractivity contribution in [2.24, 2.45) is 0 Å². The van der Waals surface area contributed by atoms with Crippen LogP contribution in [-0.4, -0.2) is 42.8 Å². The molecule has 9 heteroatoms. The summed E-state index contributed by atoms with van der Waals surface area (Å²) in [5, 5.41) is 5.55. The van der Waals surface area contributed by atoms with Crippen molar-refractivity contribution in [2.45, 2.75) is 25.8 Å². The van der Waals surface area contributed by atoms with Crippen LogP contribution in [0.15, 0.2) is 66.9 Å². The summed E-state index contributed by atoms with van der Waals surface area (Å²) in [6.45, 7) is -0.0263. The summed E-state index contributed by atoms with van der Waals surface area (Å²) in [6, 6.07) is 18.7. The predicted molar refractivity (Wildman–Crippen MR) is 124 cm³/mol. The first kappa shape index (κ1) is 25.0. The molecule has 0 bridgehead atoms. The molecule has 2 aromatic carbocycles. The Labute approximate surface area is 196 Å². The average molecular weight is 473 g/mol. The van der Waals surface area contributed by atoms with E-state index in [4.69, 9.17) is 0 Å². The zero-order valence-corrected chi connectivity index (χ0v) is 19.0. The Kier molecular flexibility index (Phi) is 8.48. The second-order valence-electron chi connectivity index (χ2n) is 8.04. The number of urea groups is 1. The quantitative estimate of drug-likeness (QED) is 0.472. The molecule has 0 aliphatic carbocycles. The molecule has 0 saturated heterocycles. The Morgan fingerprint density at radius 2 is 1.62 bits per heavy atom. The van der Waals surface area contributed by atoms with Crippen molar-refractivity contribution in [1.82, 2.24) is 20.5 Å². The van der Waals surface area contributed by atoms with Gasteiger partial charge in [-0.05, 0) is 41.9 Å². The number of nitrogens with zero attached hydrogens (tertiary/aromatic N) is 2. The Balaban J connectivity index is 1.52. The van der Waals surface area contributed by atoms with Crippen molar-refractivity contribution >= 4 is 6.03 Å². The van der Waals surface area contributed by atoms with Crippen LogP contribution in [0.2, 0.25) is 0 Å². The van der Waals surface area contributed by atoms with Crippen molar-refractivity contribution < 1.29 is 22.7 Å². The van der Waals surface area contributed by atoms with Gasteiger partial charge < -0.3 is 20.3 Å². The number of pyridine rings is 1. The smallest absolute Gasteiger partial charge is 0.422 e. The van der Waals surface area contributed by atoms with Crippen LogP contribution in [0.3, 0.4) is 0 Å². The summed E-state index contributed by atoms with van der Waals surface area (Å²) in [7, 11) is 4.05. The lowest BCUT2D eigenvalue weighted by molar-refractivity contribution is -0.154. The maximum absolute atomic E-state index is 12.3. The number of hydrogen-bond acceptors (Lipinski definition) is 4. The van der Waals surface area contributed by atoms with Crippen LogP contribution >= 0.6 is 0 Å². The van der Waals surface area contributed by atoms with Crippen LogP contribution in [0.1, 0.15) is 16.7 Å². The molecule has 0 aliphatic rings. The van der Waals surface area contributed by atoms with E-state index in [1.54, 1.807) is 6.07 Å². The highest BCUT2D eigenvalue weighted by molar-refractivity contribution is 5.75. The molecule has 2 amide bonds. The SMILES string of the molecule is CN(C)Cc1ccc(-c2ccccc2CNC(=O)NCc2ccc(OCC(F)(F)F)nc2)cc1. The minimum atomic E-state index is -4.42. The van der Waals surface area contributed by atoms with Gasteiger partial charge in [0.05, 0.1) is 0 Å².